The summed E-state index contributed by atoms with van der Waals surface area (Å²) in [4.78, 5) is 4.14. The minimum Gasteiger partial charge on any atom is -0.376 e. The van der Waals surface area contributed by atoms with Crippen molar-refractivity contribution in [3.63, 3.8) is 0 Å². The van der Waals surface area contributed by atoms with Crippen molar-refractivity contribution in [2.24, 2.45) is 0 Å². The lowest BCUT2D eigenvalue weighted by Crippen LogP contribution is -2.18. The summed E-state index contributed by atoms with van der Waals surface area (Å²) in [6.07, 6.45) is 4.29. The lowest BCUT2D eigenvalue weighted by Gasteiger charge is -2.10. The Bertz CT molecular complexity index is 283. The number of pyridine rings is 1. The minimum atomic E-state index is 0.340. The predicted octanol–water partition coefficient (Wildman–Crippen LogP) is 2.33. The Morgan fingerprint density at radius 1 is 1.57 bits per heavy atom. The van der Waals surface area contributed by atoms with E-state index in [-0.39, 0.29) is 0 Å². The third-order valence-corrected chi connectivity index (χ3v) is 2.49. The van der Waals surface area contributed by atoms with Crippen LogP contribution >= 0.6 is 11.6 Å². The summed E-state index contributed by atoms with van der Waals surface area (Å²) in [5.74, 6) is 0.852. The maximum atomic E-state index is 5.72. The van der Waals surface area contributed by atoms with Crippen LogP contribution in [0.25, 0.3) is 0 Å². The van der Waals surface area contributed by atoms with E-state index in [0.717, 1.165) is 25.4 Å². The molecule has 3 nitrogen and oxygen atoms in total. The van der Waals surface area contributed by atoms with E-state index in [1.165, 1.54) is 6.42 Å². The maximum Gasteiger partial charge on any atom is 0.126 e. The Hall–Kier alpha value is -0.800. The molecule has 1 atom stereocenters. The third-order valence-electron chi connectivity index (χ3n) is 2.26. The van der Waals surface area contributed by atoms with Gasteiger partial charge in [-0.2, -0.15) is 0 Å². The van der Waals surface area contributed by atoms with Crippen LogP contribution in [-0.2, 0) is 4.74 Å². The van der Waals surface area contributed by atoms with Crippen molar-refractivity contribution in [3.05, 3.63) is 23.4 Å². The van der Waals surface area contributed by atoms with Crippen molar-refractivity contribution < 1.29 is 4.74 Å². The normalized spacial score (nSPS) is 21.1. The van der Waals surface area contributed by atoms with E-state index in [1.807, 2.05) is 12.1 Å². The number of aromatic nitrogens is 1. The van der Waals surface area contributed by atoms with Gasteiger partial charge in [0.1, 0.15) is 5.82 Å². The van der Waals surface area contributed by atoms with Gasteiger partial charge in [0.2, 0.25) is 0 Å². The number of anilines is 1. The quantitative estimate of drug-likeness (QED) is 0.835. The molecule has 0 spiro atoms. The highest BCUT2D eigenvalue weighted by atomic mass is 35.5. The van der Waals surface area contributed by atoms with Crippen molar-refractivity contribution >= 4 is 17.4 Å². The van der Waals surface area contributed by atoms with Crippen LogP contribution in [0.5, 0.6) is 0 Å². The number of nitrogens with one attached hydrogen (secondary N) is 1. The summed E-state index contributed by atoms with van der Waals surface area (Å²) in [5.41, 5.74) is 0. The first-order valence-electron chi connectivity index (χ1n) is 4.81. The first-order chi connectivity index (χ1) is 6.84. The molecule has 1 N–H and O–H groups in total. The summed E-state index contributed by atoms with van der Waals surface area (Å²) in [6, 6.07) is 3.70. The molecule has 1 aromatic heterocycles. The van der Waals surface area contributed by atoms with E-state index >= 15 is 0 Å². The van der Waals surface area contributed by atoms with Gasteiger partial charge in [-0.15, -0.1) is 0 Å². The smallest absolute Gasteiger partial charge is 0.126 e. The van der Waals surface area contributed by atoms with Gasteiger partial charge in [-0.25, -0.2) is 4.98 Å². The third kappa shape index (κ3) is 2.59. The van der Waals surface area contributed by atoms with Crippen LogP contribution in [0.1, 0.15) is 12.8 Å². The monoisotopic (exact) mass is 212 g/mol. The minimum absolute atomic E-state index is 0.340. The first kappa shape index (κ1) is 9.74. The highest BCUT2D eigenvalue weighted by Gasteiger charge is 2.14. The lowest BCUT2D eigenvalue weighted by atomic mass is 10.2. The van der Waals surface area contributed by atoms with Gasteiger partial charge in [0.25, 0.3) is 0 Å². The Kier molecular flexibility index (Phi) is 3.22. The Labute approximate surface area is 88.4 Å². The van der Waals surface area contributed by atoms with E-state index in [1.54, 1.807) is 6.20 Å². The summed E-state index contributed by atoms with van der Waals surface area (Å²) < 4.78 is 5.48. The van der Waals surface area contributed by atoms with Gasteiger partial charge in [0.15, 0.2) is 0 Å². The molecule has 0 saturated carbocycles. The molecular weight excluding hydrogens is 200 g/mol. The number of nitrogens with zero attached hydrogens (tertiary/aromatic N) is 1. The van der Waals surface area contributed by atoms with E-state index in [9.17, 15) is 0 Å². The molecule has 0 aromatic carbocycles. The molecule has 1 fully saturated rings. The lowest BCUT2D eigenvalue weighted by molar-refractivity contribution is 0.120. The van der Waals surface area contributed by atoms with Crippen molar-refractivity contribution in [2.75, 3.05) is 18.5 Å². The average Bonchev–Trinajstić information content (AvgIpc) is 2.70. The molecule has 2 rings (SSSR count). The van der Waals surface area contributed by atoms with Crippen LogP contribution in [0, 0.1) is 0 Å². The second-order valence-corrected chi connectivity index (χ2v) is 3.81. The van der Waals surface area contributed by atoms with Gasteiger partial charge in [0.05, 0.1) is 11.1 Å². The number of halogens is 1. The zero-order valence-electron chi connectivity index (χ0n) is 7.87. The molecule has 0 aliphatic carbocycles. The number of ether oxygens (including phenoxy) is 1. The van der Waals surface area contributed by atoms with Crippen LogP contribution in [0.3, 0.4) is 0 Å². The molecule has 0 bridgehead atoms. The van der Waals surface area contributed by atoms with Gasteiger partial charge < -0.3 is 10.1 Å². The van der Waals surface area contributed by atoms with Gasteiger partial charge in [-0.05, 0) is 25.0 Å². The molecule has 1 aliphatic rings. The fraction of sp³-hybridized carbons (Fsp3) is 0.500. The van der Waals surface area contributed by atoms with Gasteiger partial charge >= 0.3 is 0 Å². The van der Waals surface area contributed by atoms with Gasteiger partial charge in [0, 0.05) is 19.3 Å². The first-order valence-corrected chi connectivity index (χ1v) is 5.19. The Morgan fingerprint density at radius 2 is 2.50 bits per heavy atom. The maximum absolute atomic E-state index is 5.72. The number of hydrogen-bond acceptors (Lipinski definition) is 3. The molecule has 14 heavy (non-hydrogen) atoms. The molecule has 1 aliphatic heterocycles. The van der Waals surface area contributed by atoms with Gasteiger partial charge in [-0.1, -0.05) is 11.6 Å². The van der Waals surface area contributed by atoms with Gasteiger partial charge in [-0.3, -0.25) is 0 Å². The second kappa shape index (κ2) is 4.62. The fourth-order valence-corrected chi connectivity index (χ4v) is 1.62. The molecular formula is C10H13ClN2O. The van der Waals surface area contributed by atoms with E-state index in [0.29, 0.717) is 11.1 Å². The molecule has 1 saturated heterocycles. The predicted molar refractivity (Wildman–Crippen MR) is 56.7 cm³/mol. The molecule has 76 valence electrons. The van der Waals surface area contributed by atoms with Crippen molar-refractivity contribution in [3.8, 4) is 0 Å². The van der Waals surface area contributed by atoms with Crippen LogP contribution in [0.15, 0.2) is 18.3 Å². The number of rotatable bonds is 3. The van der Waals surface area contributed by atoms with Crippen molar-refractivity contribution in [2.45, 2.75) is 18.9 Å². The standard InChI is InChI=1S/C10H13ClN2O/c11-8-3-4-10(12-6-8)13-7-9-2-1-5-14-9/h3-4,6,9H,1-2,5,7H2,(H,12,13). The highest BCUT2D eigenvalue weighted by molar-refractivity contribution is 6.30. The molecule has 1 aromatic rings. The van der Waals surface area contributed by atoms with E-state index in [2.05, 4.69) is 10.3 Å². The Balaban J connectivity index is 1.82. The van der Waals surface area contributed by atoms with E-state index in [4.69, 9.17) is 16.3 Å². The highest BCUT2D eigenvalue weighted by Crippen LogP contribution is 2.13. The van der Waals surface area contributed by atoms with Crippen molar-refractivity contribution in [1.29, 1.82) is 0 Å². The molecule has 1 unspecified atom stereocenters. The molecule has 2 heterocycles. The summed E-state index contributed by atoms with van der Waals surface area (Å²) in [6.45, 7) is 1.72. The van der Waals surface area contributed by atoms with Crippen LogP contribution < -0.4 is 5.32 Å². The SMILES string of the molecule is Clc1ccc(NCC2CCCO2)nc1. The summed E-state index contributed by atoms with van der Waals surface area (Å²) >= 11 is 5.72. The Morgan fingerprint density at radius 3 is 3.14 bits per heavy atom. The molecule has 0 amide bonds. The van der Waals surface area contributed by atoms with Crippen molar-refractivity contribution in [1.82, 2.24) is 4.98 Å². The summed E-state index contributed by atoms with van der Waals surface area (Å²) in [5, 5.41) is 3.88. The molecule has 0 radical (unpaired) electrons. The topological polar surface area (TPSA) is 34.1 Å². The van der Waals surface area contributed by atoms with Crippen LogP contribution in [0.2, 0.25) is 5.02 Å². The largest absolute Gasteiger partial charge is 0.376 e. The van der Waals surface area contributed by atoms with E-state index < -0.39 is 0 Å². The number of hydrogen-bond donors (Lipinski definition) is 1. The average molecular weight is 213 g/mol. The zero-order valence-corrected chi connectivity index (χ0v) is 8.63. The fourth-order valence-electron chi connectivity index (χ4n) is 1.50. The molecule has 4 heteroatoms. The summed E-state index contributed by atoms with van der Waals surface area (Å²) in [7, 11) is 0. The van der Waals surface area contributed by atoms with Crippen LogP contribution in [-0.4, -0.2) is 24.2 Å². The van der Waals surface area contributed by atoms with Crippen LogP contribution in [0.4, 0.5) is 5.82 Å². The second-order valence-electron chi connectivity index (χ2n) is 3.38. The zero-order chi connectivity index (χ0) is 9.80.